The summed E-state index contributed by atoms with van der Waals surface area (Å²) in [5, 5.41) is 10.1. The van der Waals surface area contributed by atoms with Gasteiger partial charge in [-0.1, -0.05) is 23.4 Å². The zero-order valence-electron chi connectivity index (χ0n) is 16.5. The average molecular weight is 408 g/mol. The summed E-state index contributed by atoms with van der Waals surface area (Å²) < 4.78 is 16.5. The van der Waals surface area contributed by atoms with Gasteiger partial charge in [0, 0.05) is 36.0 Å². The van der Waals surface area contributed by atoms with Crippen molar-refractivity contribution in [2.75, 3.05) is 25.1 Å². The Labute approximate surface area is 174 Å². The number of amides is 1. The van der Waals surface area contributed by atoms with E-state index in [-0.39, 0.29) is 6.61 Å². The Morgan fingerprint density at radius 2 is 2.13 bits per heavy atom. The Morgan fingerprint density at radius 3 is 2.97 bits per heavy atom. The van der Waals surface area contributed by atoms with Crippen LogP contribution in [0.1, 0.15) is 18.5 Å². The lowest BCUT2D eigenvalue weighted by molar-refractivity contribution is 0.162. The fraction of sp³-hybridized carbons (Fsp3) is 0.318. The zero-order valence-corrected chi connectivity index (χ0v) is 16.5. The predicted octanol–water partition coefficient (Wildman–Crippen LogP) is 3.66. The number of para-hydroxylation sites is 1. The standard InChI is InChI=1S/C22H24N4O4/c27-22(25-17-5-2-1-3-6-17)28-10-8-18-12-21(30-26-18)16-11-20(14-23-13-16)29-15-19-7-4-9-24-19/h1-3,5-6,11-14,19,24H,4,7-10,15H2,(H,25,27)/t19-/m0/s1. The summed E-state index contributed by atoms with van der Waals surface area (Å²) in [6, 6.07) is 13.2. The molecule has 1 saturated heterocycles. The number of hydrogen-bond donors (Lipinski definition) is 2. The van der Waals surface area contributed by atoms with E-state index in [9.17, 15) is 4.79 Å². The van der Waals surface area contributed by atoms with Crippen molar-refractivity contribution in [1.29, 1.82) is 0 Å². The van der Waals surface area contributed by atoms with Crippen molar-refractivity contribution >= 4 is 11.8 Å². The molecule has 8 nitrogen and oxygen atoms in total. The molecule has 1 aliphatic heterocycles. The highest BCUT2D eigenvalue weighted by Crippen LogP contribution is 2.24. The lowest BCUT2D eigenvalue weighted by atomic mass is 10.2. The molecule has 1 aliphatic rings. The normalized spacial score (nSPS) is 15.7. The zero-order chi connectivity index (χ0) is 20.6. The number of benzene rings is 1. The minimum Gasteiger partial charge on any atom is -0.490 e. The highest BCUT2D eigenvalue weighted by molar-refractivity contribution is 5.84. The molecule has 8 heteroatoms. The molecule has 3 heterocycles. The molecule has 3 aromatic rings. The molecule has 1 aromatic carbocycles. The third-order valence-electron chi connectivity index (χ3n) is 4.78. The minimum absolute atomic E-state index is 0.195. The molecule has 0 unspecified atom stereocenters. The van der Waals surface area contributed by atoms with Crippen molar-refractivity contribution in [3.63, 3.8) is 0 Å². The Hall–Kier alpha value is -3.39. The molecule has 2 N–H and O–H groups in total. The monoisotopic (exact) mass is 408 g/mol. The molecule has 1 fully saturated rings. The van der Waals surface area contributed by atoms with Crippen molar-refractivity contribution in [2.45, 2.75) is 25.3 Å². The van der Waals surface area contributed by atoms with Gasteiger partial charge in [0.2, 0.25) is 0 Å². The van der Waals surface area contributed by atoms with Crippen molar-refractivity contribution < 1.29 is 18.8 Å². The molecule has 2 aromatic heterocycles. The number of nitrogens with zero attached hydrogens (tertiary/aromatic N) is 2. The van der Waals surface area contributed by atoms with E-state index in [1.54, 1.807) is 24.5 Å². The van der Waals surface area contributed by atoms with E-state index in [0.717, 1.165) is 18.5 Å². The molecule has 1 atom stereocenters. The number of aromatic nitrogens is 2. The molecule has 1 amide bonds. The lowest BCUT2D eigenvalue weighted by Crippen LogP contribution is -2.28. The third-order valence-corrected chi connectivity index (χ3v) is 4.78. The van der Waals surface area contributed by atoms with E-state index in [0.29, 0.717) is 42.0 Å². The number of ether oxygens (including phenoxy) is 2. The number of anilines is 1. The van der Waals surface area contributed by atoms with Crippen LogP contribution in [0.3, 0.4) is 0 Å². The molecule has 156 valence electrons. The highest BCUT2D eigenvalue weighted by Gasteiger charge is 2.15. The van der Waals surface area contributed by atoms with Crippen LogP contribution in [0.2, 0.25) is 0 Å². The minimum atomic E-state index is -0.504. The van der Waals surface area contributed by atoms with Crippen LogP contribution >= 0.6 is 0 Å². The number of rotatable bonds is 8. The second-order valence-electron chi connectivity index (χ2n) is 7.07. The number of carbonyl (C=O) groups excluding carboxylic acids is 1. The second-order valence-corrected chi connectivity index (χ2v) is 7.07. The number of nitrogens with one attached hydrogen (secondary N) is 2. The smallest absolute Gasteiger partial charge is 0.411 e. The summed E-state index contributed by atoms with van der Waals surface area (Å²) in [7, 11) is 0. The van der Waals surface area contributed by atoms with Crippen molar-refractivity contribution in [3.05, 3.63) is 60.6 Å². The van der Waals surface area contributed by atoms with Gasteiger partial charge in [0.05, 0.1) is 18.5 Å². The van der Waals surface area contributed by atoms with Crippen molar-refractivity contribution in [1.82, 2.24) is 15.5 Å². The molecule has 0 saturated carbocycles. The van der Waals surface area contributed by atoms with Gasteiger partial charge < -0.3 is 19.3 Å². The maximum atomic E-state index is 11.8. The van der Waals surface area contributed by atoms with E-state index in [1.807, 2.05) is 30.3 Å². The third kappa shape index (κ3) is 5.57. The van der Waals surface area contributed by atoms with Gasteiger partial charge in [0.1, 0.15) is 12.4 Å². The summed E-state index contributed by atoms with van der Waals surface area (Å²) in [6.07, 6.45) is 5.65. The summed E-state index contributed by atoms with van der Waals surface area (Å²) in [5.74, 6) is 1.29. The maximum Gasteiger partial charge on any atom is 0.411 e. The second kappa shape index (κ2) is 9.89. The molecule has 0 bridgehead atoms. The summed E-state index contributed by atoms with van der Waals surface area (Å²) in [6.45, 7) is 1.86. The fourth-order valence-corrected chi connectivity index (χ4v) is 3.22. The van der Waals surface area contributed by atoms with Crippen LogP contribution in [-0.4, -0.2) is 42.0 Å². The molecule has 0 aliphatic carbocycles. The van der Waals surface area contributed by atoms with Crippen LogP contribution in [0.4, 0.5) is 10.5 Å². The lowest BCUT2D eigenvalue weighted by Gasteiger charge is -2.12. The number of hydrogen-bond acceptors (Lipinski definition) is 7. The summed E-state index contributed by atoms with van der Waals surface area (Å²) in [4.78, 5) is 16.0. The van der Waals surface area contributed by atoms with Crippen molar-refractivity contribution in [3.8, 4) is 17.1 Å². The van der Waals surface area contributed by atoms with Gasteiger partial charge in [-0.2, -0.15) is 0 Å². The van der Waals surface area contributed by atoms with E-state index >= 15 is 0 Å². The Kier molecular flexibility index (Phi) is 6.56. The van der Waals surface area contributed by atoms with Gasteiger partial charge in [0.25, 0.3) is 0 Å². The SMILES string of the molecule is O=C(Nc1ccccc1)OCCc1cc(-c2cncc(OC[C@@H]3CCCN3)c2)on1. The molecule has 0 radical (unpaired) electrons. The fourth-order valence-electron chi connectivity index (χ4n) is 3.22. The predicted molar refractivity (Wildman–Crippen MR) is 111 cm³/mol. The van der Waals surface area contributed by atoms with Crippen molar-refractivity contribution in [2.24, 2.45) is 0 Å². The van der Waals surface area contributed by atoms with Crippen LogP contribution < -0.4 is 15.4 Å². The van der Waals surface area contributed by atoms with Crippen LogP contribution in [0.25, 0.3) is 11.3 Å². The van der Waals surface area contributed by atoms with E-state index in [1.165, 1.54) is 6.42 Å². The number of carbonyl (C=O) groups is 1. The Morgan fingerprint density at radius 1 is 1.23 bits per heavy atom. The molecule has 0 spiro atoms. The molecule has 4 rings (SSSR count). The Bertz CT molecular complexity index is 955. The van der Waals surface area contributed by atoms with Crippen LogP contribution in [0.15, 0.2) is 59.4 Å². The molecular weight excluding hydrogens is 384 g/mol. The van der Waals surface area contributed by atoms with E-state index in [4.69, 9.17) is 14.0 Å². The quantitative estimate of drug-likeness (QED) is 0.587. The van der Waals surface area contributed by atoms with Gasteiger partial charge in [-0.3, -0.25) is 10.3 Å². The summed E-state index contributed by atoms with van der Waals surface area (Å²) >= 11 is 0. The summed E-state index contributed by atoms with van der Waals surface area (Å²) in [5.41, 5.74) is 2.16. The Balaban J connectivity index is 1.26. The molecule has 30 heavy (non-hydrogen) atoms. The number of pyridine rings is 1. The van der Waals surface area contributed by atoms with E-state index in [2.05, 4.69) is 20.8 Å². The van der Waals surface area contributed by atoms with Crippen LogP contribution in [0, 0.1) is 0 Å². The first-order valence-corrected chi connectivity index (χ1v) is 10.0. The van der Waals surface area contributed by atoms with Gasteiger partial charge in [0.15, 0.2) is 5.76 Å². The van der Waals surface area contributed by atoms with Crippen LogP contribution in [0.5, 0.6) is 5.75 Å². The maximum absolute atomic E-state index is 11.8. The topological polar surface area (TPSA) is 98.5 Å². The average Bonchev–Trinajstić information content (AvgIpc) is 3.46. The molecular formula is C22H24N4O4. The van der Waals surface area contributed by atoms with Gasteiger partial charge in [-0.15, -0.1) is 0 Å². The van der Waals surface area contributed by atoms with Gasteiger partial charge in [-0.05, 0) is 37.6 Å². The van der Waals surface area contributed by atoms with Gasteiger partial charge in [-0.25, -0.2) is 4.79 Å². The van der Waals surface area contributed by atoms with Gasteiger partial charge >= 0.3 is 6.09 Å². The largest absolute Gasteiger partial charge is 0.490 e. The highest BCUT2D eigenvalue weighted by atomic mass is 16.5. The first-order chi connectivity index (χ1) is 14.8. The first-order valence-electron chi connectivity index (χ1n) is 10.0. The van der Waals surface area contributed by atoms with Crippen LogP contribution in [-0.2, 0) is 11.2 Å². The first kappa shape index (κ1) is 19.9. The van der Waals surface area contributed by atoms with E-state index < -0.39 is 6.09 Å².